The lowest BCUT2D eigenvalue weighted by Crippen LogP contribution is -2.39. The number of carbonyl (C=O) groups excluding carboxylic acids is 2. The van der Waals surface area contributed by atoms with Gasteiger partial charge >= 0.3 is 11.9 Å². The van der Waals surface area contributed by atoms with Crippen LogP contribution in [0.2, 0.25) is 0 Å². The highest BCUT2D eigenvalue weighted by Gasteiger charge is 2.20. The molecular formula is C37H70N2O21. The van der Waals surface area contributed by atoms with E-state index in [-0.39, 0.29) is 145 Å². The number of nitrogens with zero attached hydrogens (tertiary/aromatic N) is 2. The summed E-state index contributed by atoms with van der Waals surface area (Å²) in [6, 6.07) is 0. The molecule has 0 radical (unpaired) electrons. The summed E-state index contributed by atoms with van der Waals surface area (Å²) >= 11 is 0. The van der Waals surface area contributed by atoms with Crippen molar-refractivity contribution >= 4 is 11.9 Å². The Kier molecular flexibility index (Phi) is 36.8. The number of aliphatic hydroxyl groups excluding tert-OH is 10. The van der Waals surface area contributed by atoms with E-state index in [1.54, 1.807) is 9.80 Å². The van der Waals surface area contributed by atoms with Crippen molar-refractivity contribution in [1.82, 2.24) is 9.80 Å². The summed E-state index contributed by atoms with van der Waals surface area (Å²) in [5.41, 5.74) is 0. The van der Waals surface area contributed by atoms with E-state index in [9.17, 15) is 50.4 Å². The Hall–Kier alpha value is -2.34. The largest absolute Gasteiger partial charge is 0.460 e. The van der Waals surface area contributed by atoms with Crippen LogP contribution >= 0.6 is 0 Å². The monoisotopic (exact) mass is 878 g/mol. The van der Waals surface area contributed by atoms with E-state index in [1.165, 1.54) is 0 Å². The summed E-state index contributed by atoms with van der Waals surface area (Å²) < 4.78 is 48.3. The highest BCUT2D eigenvalue weighted by Crippen LogP contribution is 2.05. The standard InChI is InChI=1S/C37H70N2O21/c1-3-35(49)59-22-32(48)21-57-33(23-53-16-29(45)14-39(7-11-42)8-12-43)24-54-19-31(47)20-56-26-34(58-27-37(51)60-36(50)4-2)25-55-18-30(46)17-52-15-28(44)13-38(5-9-40)6-10-41/h3-4,28-34,37,40-48,51H,1-2,5-27H2. The molecule has 0 aromatic heterocycles. The first kappa shape index (κ1) is 57.7. The van der Waals surface area contributed by atoms with Crippen molar-refractivity contribution < 1.29 is 103 Å². The van der Waals surface area contributed by atoms with Gasteiger partial charge in [-0.3, -0.25) is 9.80 Å². The molecule has 8 unspecified atom stereocenters. The molecule has 0 aromatic carbocycles. The third-order valence-corrected chi connectivity index (χ3v) is 7.68. The summed E-state index contributed by atoms with van der Waals surface area (Å²) in [6.07, 6.45) is -6.95. The van der Waals surface area contributed by atoms with Gasteiger partial charge in [0, 0.05) is 51.4 Å². The maximum absolute atomic E-state index is 11.4. The van der Waals surface area contributed by atoms with E-state index >= 15 is 0 Å². The van der Waals surface area contributed by atoms with Gasteiger partial charge in [-0.25, -0.2) is 9.59 Å². The maximum atomic E-state index is 11.4. The number of carbonyl (C=O) groups is 2. The number of aliphatic hydroxyl groups is 10. The van der Waals surface area contributed by atoms with Crippen molar-refractivity contribution in [3.8, 4) is 0 Å². The van der Waals surface area contributed by atoms with Gasteiger partial charge in [-0.1, -0.05) is 13.2 Å². The minimum Gasteiger partial charge on any atom is -0.460 e. The lowest BCUT2D eigenvalue weighted by Gasteiger charge is -2.25. The summed E-state index contributed by atoms with van der Waals surface area (Å²) in [7, 11) is 0. The fourth-order valence-corrected chi connectivity index (χ4v) is 4.89. The molecule has 0 saturated carbocycles. The second kappa shape index (κ2) is 38.3. The first-order chi connectivity index (χ1) is 28.8. The van der Waals surface area contributed by atoms with Crippen LogP contribution in [0.5, 0.6) is 0 Å². The predicted octanol–water partition coefficient (Wildman–Crippen LogP) is -6.01. The summed E-state index contributed by atoms with van der Waals surface area (Å²) in [6.45, 7) is 4.19. The molecule has 0 aliphatic carbocycles. The molecule has 23 nitrogen and oxygen atoms in total. The molecule has 60 heavy (non-hydrogen) atoms. The minimum atomic E-state index is -1.65. The molecule has 10 N–H and O–H groups in total. The summed E-state index contributed by atoms with van der Waals surface area (Å²) in [5, 5.41) is 98.0. The number of hydrogen-bond acceptors (Lipinski definition) is 23. The Morgan fingerprint density at radius 2 is 0.783 bits per heavy atom. The molecule has 0 saturated heterocycles. The molecule has 0 heterocycles. The zero-order chi connectivity index (χ0) is 45.0. The molecule has 0 aliphatic heterocycles. The Labute approximate surface area is 350 Å². The molecular weight excluding hydrogens is 808 g/mol. The molecule has 0 rings (SSSR count). The Morgan fingerprint density at radius 1 is 0.450 bits per heavy atom. The zero-order valence-electron chi connectivity index (χ0n) is 34.3. The second-order valence-electron chi connectivity index (χ2n) is 13.3. The van der Waals surface area contributed by atoms with E-state index in [0.29, 0.717) is 0 Å². The Balaban J connectivity index is 5.05. The number of esters is 2. The Bertz CT molecular complexity index is 1050. The highest BCUT2D eigenvalue weighted by atomic mass is 16.7. The summed E-state index contributed by atoms with van der Waals surface area (Å²) in [5.74, 6) is -1.62. The Morgan fingerprint density at radius 3 is 1.15 bits per heavy atom. The van der Waals surface area contributed by atoms with Gasteiger partial charge in [0.25, 0.3) is 0 Å². The van der Waals surface area contributed by atoms with E-state index in [4.69, 9.17) is 48.1 Å². The average molecular weight is 879 g/mol. The zero-order valence-corrected chi connectivity index (χ0v) is 34.3. The smallest absolute Gasteiger partial charge is 0.332 e. The van der Waals surface area contributed by atoms with Crippen LogP contribution in [0.1, 0.15) is 0 Å². The van der Waals surface area contributed by atoms with Crippen LogP contribution in [0.25, 0.3) is 0 Å². The van der Waals surface area contributed by atoms with Gasteiger partial charge in [0.1, 0.15) is 43.7 Å². The van der Waals surface area contributed by atoms with E-state index < -0.39 is 67.6 Å². The first-order valence-corrected chi connectivity index (χ1v) is 19.5. The van der Waals surface area contributed by atoms with Gasteiger partial charge in [0.05, 0.1) is 111 Å². The van der Waals surface area contributed by atoms with Crippen molar-refractivity contribution in [3.63, 3.8) is 0 Å². The van der Waals surface area contributed by atoms with Crippen LogP contribution < -0.4 is 0 Å². The normalized spacial score (nSPS) is 15.9. The number of ether oxygens (including phenoxy) is 9. The third kappa shape index (κ3) is 33.3. The van der Waals surface area contributed by atoms with Crippen molar-refractivity contribution in [2.24, 2.45) is 0 Å². The topological polar surface area (TPSA) is 326 Å². The highest BCUT2D eigenvalue weighted by molar-refractivity contribution is 5.81. The number of rotatable bonds is 43. The fraction of sp³-hybridized carbons (Fsp3) is 0.838. The van der Waals surface area contributed by atoms with E-state index in [1.807, 2.05) is 0 Å². The van der Waals surface area contributed by atoms with Gasteiger partial charge in [0.2, 0.25) is 6.29 Å². The average Bonchev–Trinajstić information content (AvgIpc) is 3.20. The SMILES string of the molecule is C=CC(=O)OCC(O)COC(COCC(O)COCC(COCC(O)COCC(O)CN(CCO)CCO)OCC(O)OC(=O)C=C)COCC(O)CN(CCO)CCO. The quantitative estimate of drug-likeness (QED) is 0.0155. The van der Waals surface area contributed by atoms with Crippen LogP contribution in [-0.4, -0.2) is 273 Å². The van der Waals surface area contributed by atoms with E-state index in [0.717, 1.165) is 12.2 Å². The lowest BCUT2D eigenvalue weighted by atomic mass is 10.3. The molecule has 0 aromatic rings. The van der Waals surface area contributed by atoms with Crippen LogP contribution in [0, 0.1) is 0 Å². The molecule has 0 bridgehead atoms. The predicted molar refractivity (Wildman–Crippen MR) is 208 cm³/mol. The lowest BCUT2D eigenvalue weighted by molar-refractivity contribution is -0.181. The minimum absolute atomic E-state index is 0.117. The van der Waals surface area contributed by atoms with Gasteiger partial charge < -0.3 is 93.7 Å². The third-order valence-electron chi connectivity index (χ3n) is 7.68. The van der Waals surface area contributed by atoms with Crippen LogP contribution in [-0.2, 0) is 52.2 Å². The van der Waals surface area contributed by atoms with Gasteiger partial charge in [0.15, 0.2) is 0 Å². The van der Waals surface area contributed by atoms with Crippen LogP contribution in [0.4, 0.5) is 0 Å². The molecule has 354 valence electrons. The summed E-state index contributed by atoms with van der Waals surface area (Å²) in [4.78, 5) is 26.0. The molecule has 8 atom stereocenters. The van der Waals surface area contributed by atoms with E-state index in [2.05, 4.69) is 17.9 Å². The molecule has 0 aliphatic rings. The molecule has 0 amide bonds. The van der Waals surface area contributed by atoms with Gasteiger partial charge in [-0.05, 0) is 0 Å². The van der Waals surface area contributed by atoms with Crippen molar-refractivity contribution in [2.75, 3.05) is 152 Å². The fourth-order valence-electron chi connectivity index (χ4n) is 4.89. The second-order valence-corrected chi connectivity index (χ2v) is 13.3. The molecule has 23 heteroatoms. The first-order valence-electron chi connectivity index (χ1n) is 19.5. The van der Waals surface area contributed by atoms with Crippen LogP contribution in [0.15, 0.2) is 25.3 Å². The van der Waals surface area contributed by atoms with Crippen molar-refractivity contribution in [2.45, 2.75) is 49.0 Å². The van der Waals surface area contributed by atoms with Gasteiger partial charge in [-0.15, -0.1) is 0 Å². The number of hydrogen-bond donors (Lipinski definition) is 10. The van der Waals surface area contributed by atoms with Crippen molar-refractivity contribution in [3.05, 3.63) is 25.3 Å². The maximum Gasteiger partial charge on any atom is 0.332 e. The molecule has 0 spiro atoms. The van der Waals surface area contributed by atoms with Gasteiger partial charge in [-0.2, -0.15) is 0 Å². The van der Waals surface area contributed by atoms with Crippen LogP contribution in [0.3, 0.4) is 0 Å². The molecule has 0 fully saturated rings. The van der Waals surface area contributed by atoms with Crippen molar-refractivity contribution in [1.29, 1.82) is 0 Å².